The summed E-state index contributed by atoms with van der Waals surface area (Å²) < 4.78 is 0. The van der Waals surface area contributed by atoms with Gasteiger partial charge in [0.2, 0.25) is 5.91 Å². The van der Waals surface area contributed by atoms with Gasteiger partial charge in [0.1, 0.15) is 6.04 Å². The molecular weight excluding hydrogens is 198 g/mol. The molecule has 0 spiro atoms. The number of nitrogens with two attached hydrogens (primary N) is 1. The molecule has 0 saturated heterocycles. The van der Waals surface area contributed by atoms with E-state index >= 15 is 0 Å². The maximum atomic E-state index is 11.3. The van der Waals surface area contributed by atoms with Crippen LogP contribution in [0.25, 0.3) is 0 Å². The summed E-state index contributed by atoms with van der Waals surface area (Å²) >= 11 is 1.48. The number of hydrogen-bond donors (Lipinski definition) is 2. The summed E-state index contributed by atoms with van der Waals surface area (Å²) in [4.78, 5) is 16.3. The van der Waals surface area contributed by atoms with Crippen LogP contribution in [0.15, 0.2) is 5.51 Å². The molecule has 1 fully saturated rings. The van der Waals surface area contributed by atoms with Crippen molar-refractivity contribution in [3.8, 4) is 0 Å². The van der Waals surface area contributed by atoms with Crippen LogP contribution in [0.2, 0.25) is 0 Å². The van der Waals surface area contributed by atoms with Crippen molar-refractivity contribution in [1.29, 1.82) is 0 Å². The first-order valence-corrected chi connectivity index (χ1v) is 5.52. The second-order valence-corrected chi connectivity index (χ2v) is 4.46. The molecule has 14 heavy (non-hydrogen) atoms. The molecule has 2 rings (SSSR count). The molecule has 5 heteroatoms. The number of nitrogens with one attached hydrogen (secondary N) is 1. The lowest BCUT2D eigenvalue weighted by Crippen LogP contribution is -2.34. The summed E-state index contributed by atoms with van der Waals surface area (Å²) in [5.74, 6) is -0.316. The van der Waals surface area contributed by atoms with Gasteiger partial charge in [-0.25, -0.2) is 4.98 Å². The second-order valence-electron chi connectivity index (χ2n) is 3.58. The van der Waals surface area contributed by atoms with Gasteiger partial charge in [0.25, 0.3) is 0 Å². The number of aromatic nitrogens is 1. The van der Waals surface area contributed by atoms with Gasteiger partial charge in [-0.2, -0.15) is 0 Å². The van der Waals surface area contributed by atoms with Crippen molar-refractivity contribution in [2.75, 3.05) is 0 Å². The highest BCUT2D eigenvalue weighted by atomic mass is 32.1. The molecule has 0 aromatic carbocycles. The van der Waals surface area contributed by atoms with Gasteiger partial charge >= 0.3 is 0 Å². The number of nitrogens with zero attached hydrogens (tertiary/aromatic N) is 1. The summed E-state index contributed by atoms with van der Waals surface area (Å²) in [6.07, 6.45) is 2.28. The van der Waals surface area contributed by atoms with Gasteiger partial charge < -0.3 is 5.73 Å². The monoisotopic (exact) mass is 211 g/mol. The molecule has 3 N–H and O–H groups in total. The number of carbonyl (C=O) groups is 1. The lowest BCUT2D eigenvalue weighted by atomic mass is 10.2. The number of carbonyl (C=O) groups excluding carboxylic acids is 1. The smallest absolute Gasteiger partial charge is 0.240 e. The van der Waals surface area contributed by atoms with Crippen LogP contribution in [0.1, 0.15) is 29.5 Å². The molecule has 0 radical (unpaired) electrons. The Labute approximate surface area is 86.5 Å². The Morgan fingerprint density at radius 1 is 1.79 bits per heavy atom. The van der Waals surface area contributed by atoms with Gasteiger partial charge in [-0.05, 0) is 19.8 Å². The van der Waals surface area contributed by atoms with Crippen LogP contribution in [-0.4, -0.2) is 16.9 Å². The third-order valence-electron chi connectivity index (χ3n) is 2.31. The molecular formula is C9H13N3OS. The number of aryl methyl sites for hydroxylation is 1. The molecule has 1 aromatic rings. The van der Waals surface area contributed by atoms with Crippen molar-refractivity contribution < 1.29 is 4.79 Å². The SMILES string of the molecule is Cc1ncsc1C(NC1CC1)C(N)=O. The van der Waals surface area contributed by atoms with E-state index in [0.29, 0.717) is 6.04 Å². The van der Waals surface area contributed by atoms with E-state index in [4.69, 9.17) is 5.73 Å². The van der Waals surface area contributed by atoms with Crippen molar-refractivity contribution in [1.82, 2.24) is 10.3 Å². The molecule has 1 aromatic heterocycles. The van der Waals surface area contributed by atoms with Gasteiger partial charge in [-0.1, -0.05) is 0 Å². The van der Waals surface area contributed by atoms with Gasteiger partial charge in [0.05, 0.1) is 16.1 Å². The predicted molar refractivity (Wildman–Crippen MR) is 54.9 cm³/mol. The molecule has 1 amide bonds. The van der Waals surface area contributed by atoms with Crippen molar-refractivity contribution in [3.05, 3.63) is 16.1 Å². The molecule has 1 heterocycles. The third-order valence-corrected chi connectivity index (χ3v) is 3.30. The van der Waals surface area contributed by atoms with Crippen molar-refractivity contribution >= 4 is 17.2 Å². The van der Waals surface area contributed by atoms with Crippen LogP contribution >= 0.6 is 11.3 Å². The highest BCUT2D eigenvalue weighted by molar-refractivity contribution is 7.10. The number of rotatable bonds is 4. The van der Waals surface area contributed by atoms with E-state index in [0.717, 1.165) is 23.4 Å². The average molecular weight is 211 g/mol. The maximum absolute atomic E-state index is 11.3. The fraction of sp³-hybridized carbons (Fsp3) is 0.556. The highest BCUT2D eigenvalue weighted by Gasteiger charge is 2.29. The molecule has 76 valence electrons. The quantitative estimate of drug-likeness (QED) is 0.771. The second kappa shape index (κ2) is 3.67. The molecule has 1 unspecified atom stereocenters. The molecule has 1 aliphatic rings. The zero-order chi connectivity index (χ0) is 10.1. The minimum absolute atomic E-state index is 0.316. The van der Waals surface area contributed by atoms with Crippen LogP contribution in [0.3, 0.4) is 0 Å². The third kappa shape index (κ3) is 1.93. The Kier molecular flexibility index (Phi) is 2.52. The largest absolute Gasteiger partial charge is 0.368 e. The number of thiazole rings is 1. The molecule has 1 aliphatic carbocycles. The minimum atomic E-state index is -0.352. The lowest BCUT2D eigenvalue weighted by molar-refractivity contribution is -0.120. The minimum Gasteiger partial charge on any atom is -0.368 e. The van der Waals surface area contributed by atoms with E-state index < -0.39 is 0 Å². The number of hydrogen-bond acceptors (Lipinski definition) is 4. The fourth-order valence-electron chi connectivity index (χ4n) is 1.36. The maximum Gasteiger partial charge on any atom is 0.240 e. The Morgan fingerprint density at radius 3 is 2.93 bits per heavy atom. The Hall–Kier alpha value is -0.940. The van der Waals surface area contributed by atoms with Crippen LogP contribution < -0.4 is 11.1 Å². The van der Waals surface area contributed by atoms with Crippen molar-refractivity contribution in [2.45, 2.75) is 31.8 Å². The van der Waals surface area contributed by atoms with E-state index in [-0.39, 0.29) is 11.9 Å². The van der Waals surface area contributed by atoms with Crippen molar-refractivity contribution in [3.63, 3.8) is 0 Å². The lowest BCUT2D eigenvalue weighted by Gasteiger charge is -2.13. The topological polar surface area (TPSA) is 68.0 Å². The average Bonchev–Trinajstić information content (AvgIpc) is 2.85. The summed E-state index contributed by atoms with van der Waals surface area (Å²) in [5.41, 5.74) is 7.99. The summed E-state index contributed by atoms with van der Waals surface area (Å²) in [5, 5.41) is 3.23. The first-order valence-electron chi connectivity index (χ1n) is 4.64. The van der Waals surface area contributed by atoms with Crippen molar-refractivity contribution in [2.24, 2.45) is 5.73 Å². The fourth-order valence-corrected chi connectivity index (χ4v) is 2.23. The van der Waals surface area contributed by atoms with Crippen LogP contribution in [0.5, 0.6) is 0 Å². The van der Waals surface area contributed by atoms with E-state index in [1.807, 2.05) is 6.92 Å². The zero-order valence-electron chi connectivity index (χ0n) is 7.99. The Balaban J connectivity index is 2.16. The number of primary amides is 1. The van der Waals surface area contributed by atoms with E-state index in [1.165, 1.54) is 11.3 Å². The van der Waals surface area contributed by atoms with Gasteiger partial charge in [-0.15, -0.1) is 11.3 Å². The van der Waals surface area contributed by atoms with Gasteiger partial charge in [0, 0.05) is 6.04 Å². The Morgan fingerprint density at radius 2 is 2.50 bits per heavy atom. The standard InChI is InChI=1S/C9H13N3OS/c1-5-8(14-4-11-5)7(9(10)13)12-6-2-3-6/h4,6-7,12H,2-3H2,1H3,(H2,10,13). The summed E-state index contributed by atoms with van der Waals surface area (Å²) in [7, 11) is 0. The summed E-state index contributed by atoms with van der Waals surface area (Å²) in [6, 6.07) is 0.115. The zero-order valence-corrected chi connectivity index (χ0v) is 8.80. The van der Waals surface area contributed by atoms with E-state index in [9.17, 15) is 4.79 Å². The molecule has 1 saturated carbocycles. The van der Waals surface area contributed by atoms with E-state index in [1.54, 1.807) is 5.51 Å². The van der Waals surface area contributed by atoms with Crippen LogP contribution in [-0.2, 0) is 4.79 Å². The van der Waals surface area contributed by atoms with Gasteiger partial charge in [-0.3, -0.25) is 10.1 Å². The molecule has 0 aliphatic heterocycles. The summed E-state index contributed by atoms with van der Waals surface area (Å²) in [6.45, 7) is 1.90. The number of amides is 1. The normalized spacial score (nSPS) is 18.1. The van der Waals surface area contributed by atoms with E-state index in [2.05, 4.69) is 10.3 Å². The Bertz CT molecular complexity index is 346. The van der Waals surface area contributed by atoms with Gasteiger partial charge in [0.15, 0.2) is 0 Å². The molecule has 0 bridgehead atoms. The van der Waals surface area contributed by atoms with Crippen LogP contribution in [0.4, 0.5) is 0 Å². The van der Waals surface area contributed by atoms with Crippen LogP contribution in [0, 0.1) is 6.92 Å². The predicted octanol–water partition coefficient (Wildman–Crippen LogP) is 0.730. The molecule has 4 nitrogen and oxygen atoms in total. The first-order chi connectivity index (χ1) is 6.68. The first kappa shape index (κ1) is 9.61. The highest BCUT2D eigenvalue weighted by Crippen LogP contribution is 2.27. The molecule has 1 atom stereocenters.